The molecule has 0 fully saturated rings. The standard InChI is InChI=1S/C11H20N4O2S/c1-5-9-14-10(12-3)8(2)11(15-9)13-6-7-18(4,16)17/h5-7H2,1-4H3,(H2,12,13,14,15). The minimum absolute atomic E-state index is 0.0901. The van der Waals surface area contributed by atoms with Gasteiger partial charge in [0.05, 0.1) is 5.75 Å². The lowest BCUT2D eigenvalue weighted by Gasteiger charge is -2.12. The fourth-order valence-corrected chi connectivity index (χ4v) is 1.96. The lowest BCUT2D eigenvalue weighted by atomic mass is 10.3. The summed E-state index contributed by atoms with van der Waals surface area (Å²) in [4.78, 5) is 8.71. The number of anilines is 2. The number of aromatic nitrogens is 2. The van der Waals surface area contributed by atoms with E-state index in [0.29, 0.717) is 12.4 Å². The van der Waals surface area contributed by atoms with Gasteiger partial charge in [-0.1, -0.05) is 6.92 Å². The summed E-state index contributed by atoms with van der Waals surface area (Å²) < 4.78 is 22.1. The van der Waals surface area contributed by atoms with E-state index in [9.17, 15) is 8.42 Å². The Morgan fingerprint density at radius 3 is 2.33 bits per heavy atom. The Morgan fingerprint density at radius 1 is 1.22 bits per heavy atom. The first kappa shape index (κ1) is 14.7. The molecule has 1 rings (SSSR count). The summed E-state index contributed by atoms with van der Waals surface area (Å²) in [5, 5.41) is 6.06. The average molecular weight is 272 g/mol. The molecule has 6 nitrogen and oxygen atoms in total. The summed E-state index contributed by atoms with van der Waals surface area (Å²) in [7, 11) is -1.16. The zero-order valence-electron chi connectivity index (χ0n) is 11.2. The molecule has 0 saturated heterocycles. The highest BCUT2D eigenvalue weighted by Crippen LogP contribution is 2.19. The maximum Gasteiger partial charge on any atom is 0.149 e. The molecular weight excluding hydrogens is 252 g/mol. The highest BCUT2D eigenvalue weighted by molar-refractivity contribution is 7.90. The van der Waals surface area contributed by atoms with Gasteiger partial charge in [-0.2, -0.15) is 0 Å². The molecule has 0 aliphatic heterocycles. The number of nitrogens with zero attached hydrogens (tertiary/aromatic N) is 2. The van der Waals surface area contributed by atoms with Crippen LogP contribution in [0.15, 0.2) is 0 Å². The summed E-state index contributed by atoms with van der Waals surface area (Å²) in [6.45, 7) is 4.22. The van der Waals surface area contributed by atoms with Gasteiger partial charge in [-0.25, -0.2) is 18.4 Å². The average Bonchev–Trinajstić information content (AvgIpc) is 2.29. The van der Waals surface area contributed by atoms with Crippen LogP contribution in [0.5, 0.6) is 0 Å². The zero-order chi connectivity index (χ0) is 13.8. The number of rotatable bonds is 6. The van der Waals surface area contributed by atoms with Crippen LogP contribution in [-0.4, -0.2) is 44.0 Å². The van der Waals surface area contributed by atoms with Gasteiger partial charge >= 0.3 is 0 Å². The van der Waals surface area contributed by atoms with Crippen molar-refractivity contribution in [2.45, 2.75) is 20.3 Å². The maximum absolute atomic E-state index is 11.1. The van der Waals surface area contributed by atoms with Gasteiger partial charge in [0.2, 0.25) is 0 Å². The van der Waals surface area contributed by atoms with E-state index in [1.807, 2.05) is 13.8 Å². The van der Waals surface area contributed by atoms with Gasteiger partial charge in [-0.05, 0) is 6.92 Å². The van der Waals surface area contributed by atoms with Crippen molar-refractivity contribution in [1.82, 2.24) is 9.97 Å². The molecule has 0 bridgehead atoms. The van der Waals surface area contributed by atoms with E-state index in [2.05, 4.69) is 20.6 Å². The zero-order valence-corrected chi connectivity index (χ0v) is 12.1. The van der Waals surface area contributed by atoms with Crippen LogP contribution in [0.1, 0.15) is 18.3 Å². The van der Waals surface area contributed by atoms with E-state index >= 15 is 0 Å². The third kappa shape index (κ3) is 4.14. The molecule has 0 saturated carbocycles. The Hall–Kier alpha value is -1.37. The smallest absolute Gasteiger partial charge is 0.149 e. The second-order valence-electron chi connectivity index (χ2n) is 4.12. The van der Waals surface area contributed by atoms with E-state index in [4.69, 9.17) is 0 Å². The van der Waals surface area contributed by atoms with Crippen LogP contribution in [0, 0.1) is 6.92 Å². The normalized spacial score (nSPS) is 11.3. The van der Waals surface area contributed by atoms with Crippen LogP contribution in [0.4, 0.5) is 11.6 Å². The fourth-order valence-electron chi connectivity index (χ4n) is 1.49. The molecule has 0 spiro atoms. The molecule has 102 valence electrons. The Bertz CT molecular complexity index is 514. The first-order valence-corrected chi connectivity index (χ1v) is 7.90. The van der Waals surface area contributed by atoms with Gasteiger partial charge in [0.1, 0.15) is 27.3 Å². The molecule has 0 aromatic carbocycles. The van der Waals surface area contributed by atoms with Crippen molar-refractivity contribution < 1.29 is 8.42 Å². The summed E-state index contributed by atoms with van der Waals surface area (Å²) in [6, 6.07) is 0. The highest BCUT2D eigenvalue weighted by atomic mass is 32.2. The predicted octanol–water partition coefficient (Wildman–Crippen LogP) is 0.846. The van der Waals surface area contributed by atoms with E-state index < -0.39 is 9.84 Å². The number of hydrogen-bond acceptors (Lipinski definition) is 6. The molecule has 0 aliphatic carbocycles. The van der Waals surface area contributed by atoms with Gasteiger partial charge in [0.15, 0.2) is 0 Å². The van der Waals surface area contributed by atoms with Crippen LogP contribution >= 0.6 is 0 Å². The van der Waals surface area contributed by atoms with Crippen molar-refractivity contribution in [2.24, 2.45) is 0 Å². The second-order valence-corrected chi connectivity index (χ2v) is 6.38. The number of aryl methyl sites for hydroxylation is 1. The van der Waals surface area contributed by atoms with Gasteiger partial charge in [0, 0.05) is 31.8 Å². The van der Waals surface area contributed by atoms with Crippen LogP contribution in [0.3, 0.4) is 0 Å². The van der Waals surface area contributed by atoms with Crippen molar-refractivity contribution in [3.05, 3.63) is 11.4 Å². The molecule has 7 heteroatoms. The first-order chi connectivity index (χ1) is 8.37. The number of hydrogen-bond donors (Lipinski definition) is 2. The van der Waals surface area contributed by atoms with Crippen LogP contribution in [0.2, 0.25) is 0 Å². The summed E-state index contributed by atoms with van der Waals surface area (Å²) in [5.41, 5.74) is 0.892. The molecule has 0 amide bonds. The van der Waals surface area contributed by atoms with Gasteiger partial charge in [-0.15, -0.1) is 0 Å². The molecule has 1 aromatic heterocycles. The fraction of sp³-hybridized carbons (Fsp3) is 0.636. The quantitative estimate of drug-likeness (QED) is 0.798. The van der Waals surface area contributed by atoms with Gasteiger partial charge in [-0.3, -0.25) is 0 Å². The molecule has 0 aliphatic rings. The van der Waals surface area contributed by atoms with Crippen LogP contribution in [-0.2, 0) is 16.3 Å². The summed E-state index contributed by atoms with van der Waals surface area (Å²) in [6.07, 6.45) is 1.95. The maximum atomic E-state index is 11.1. The second kappa shape index (κ2) is 5.99. The lowest BCUT2D eigenvalue weighted by Crippen LogP contribution is -2.16. The Balaban J connectivity index is 2.87. The Kier molecular flexibility index (Phi) is 4.89. The molecule has 1 aromatic rings. The third-order valence-electron chi connectivity index (χ3n) is 2.51. The Labute approximate surface area is 108 Å². The topological polar surface area (TPSA) is 84.0 Å². The lowest BCUT2D eigenvalue weighted by molar-refractivity contribution is 0.602. The number of sulfone groups is 1. The molecule has 0 atom stereocenters. The molecule has 2 N–H and O–H groups in total. The molecular formula is C11H20N4O2S. The summed E-state index contributed by atoms with van der Waals surface area (Å²) in [5.74, 6) is 2.28. The highest BCUT2D eigenvalue weighted by Gasteiger charge is 2.09. The van der Waals surface area contributed by atoms with E-state index in [0.717, 1.165) is 23.6 Å². The SMILES string of the molecule is CCc1nc(NC)c(C)c(NCCS(C)(=O)=O)n1. The molecule has 0 radical (unpaired) electrons. The largest absolute Gasteiger partial charge is 0.373 e. The van der Waals surface area contributed by atoms with Crippen molar-refractivity contribution in [3.8, 4) is 0 Å². The van der Waals surface area contributed by atoms with Crippen molar-refractivity contribution >= 4 is 21.5 Å². The van der Waals surface area contributed by atoms with E-state index in [-0.39, 0.29) is 5.75 Å². The predicted molar refractivity (Wildman–Crippen MR) is 73.9 cm³/mol. The van der Waals surface area contributed by atoms with Crippen molar-refractivity contribution in [1.29, 1.82) is 0 Å². The monoisotopic (exact) mass is 272 g/mol. The molecule has 18 heavy (non-hydrogen) atoms. The molecule has 1 heterocycles. The van der Waals surface area contributed by atoms with Crippen LogP contribution in [0.25, 0.3) is 0 Å². The minimum Gasteiger partial charge on any atom is -0.373 e. The van der Waals surface area contributed by atoms with Crippen molar-refractivity contribution in [3.63, 3.8) is 0 Å². The number of nitrogens with one attached hydrogen (secondary N) is 2. The molecule has 0 unspecified atom stereocenters. The Morgan fingerprint density at radius 2 is 1.83 bits per heavy atom. The van der Waals surface area contributed by atoms with Gasteiger partial charge in [0.25, 0.3) is 0 Å². The first-order valence-electron chi connectivity index (χ1n) is 5.84. The van der Waals surface area contributed by atoms with Crippen LogP contribution < -0.4 is 10.6 Å². The minimum atomic E-state index is -2.96. The van der Waals surface area contributed by atoms with E-state index in [1.165, 1.54) is 6.26 Å². The van der Waals surface area contributed by atoms with Gasteiger partial charge < -0.3 is 10.6 Å². The summed E-state index contributed by atoms with van der Waals surface area (Å²) >= 11 is 0. The van der Waals surface area contributed by atoms with Crippen molar-refractivity contribution in [2.75, 3.05) is 36.2 Å². The third-order valence-corrected chi connectivity index (χ3v) is 3.46. The van der Waals surface area contributed by atoms with E-state index in [1.54, 1.807) is 7.05 Å².